The zero-order valence-corrected chi connectivity index (χ0v) is 8.39. The second kappa shape index (κ2) is 2.76. The van der Waals surface area contributed by atoms with Gasteiger partial charge in [0.2, 0.25) is 0 Å². The normalized spacial score (nSPS) is 34.1. The van der Waals surface area contributed by atoms with Gasteiger partial charge in [-0.1, -0.05) is 0 Å². The van der Waals surface area contributed by atoms with Crippen molar-refractivity contribution in [1.29, 1.82) is 0 Å². The van der Waals surface area contributed by atoms with Crippen LogP contribution in [0.2, 0.25) is 0 Å². The molecular formula is C9H20N2. The molecule has 1 heterocycles. The van der Waals surface area contributed by atoms with Crippen LogP contribution in [-0.4, -0.2) is 42.1 Å². The Hall–Kier alpha value is -0.0800. The summed E-state index contributed by atoms with van der Waals surface area (Å²) in [5.41, 5.74) is 0.381. The fraction of sp³-hybridized carbons (Fsp3) is 1.00. The first-order valence-corrected chi connectivity index (χ1v) is 4.35. The van der Waals surface area contributed by atoms with E-state index >= 15 is 0 Å². The summed E-state index contributed by atoms with van der Waals surface area (Å²) in [5.74, 6) is 0. The van der Waals surface area contributed by atoms with E-state index in [-0.39, 0.29) is 0 Å². The first-order chi connectivity index (χ1) is 4.93. The van der Waals surface area contributed by atoms with Crippen molar-refractivity contribution in [3.05, 3.63) is 0 Å². The van der Waals surface area contributed by atoms with Gasteiger partial charge in [-0.25, -0.2) is 0 Å². The van der Waals surface area contributed by atoms with Crippen LogP contribution in [0, 0.1) is 0 Å². The summed E-state index contributed by atoms with van der Waals surface area (Å²) in [4.78, 5) is 4.80. The SMILES string of the molecule is CC1CC(C)(C)N(C)CN1C. The number of hydrogen-bond acceptors (Lipinski definition) is 2. The molecule has 2 nitrogen and oxygen atoms in total. The molecule has 0 aromatic carbocycles. The average Bonchev–Trinajstić information content (AvgIpc) is 1.83. The molecule has 0 saturated carbocycles. The van der Waals surface area contributed by atoms with E-state index in [0.29, 0.717) is 5.54 Å². The number of nitrogens with zero attached hydrogens (tertiary/aromatic N) is 2. The Morgan fingerprint density at radius 1 is 1.27 bits per heavy atom. The average molecular weight is 156 g/mol. The smallest absolute Gasteiger partial charge is 0.0508 e. The predicted molar refractivity (Wildman–Crippen MR) is 48.6 cm³/mol. The van der Waals surface area contributed by atoms with Gasteiger partial charge in [0.15, 0.2) is 0 Å². The molecule has 1 atom stereocenters. The summed E-state index contributed by atoms with van der Waals surface area (Å²) in [6, 6.07) is 0.723. The van der Waals surface area contributed by atoms with Crippen LogP contribution in [0.5, 0.6) is 0 Å². The molecule has 1 unspecified atom stereocenters. The minimum absolute atomic E-state index is 0.381. The fourth-order valence-corrected chi connectivity index (χ4v) is 1.70. The second-order valence-corrected chi connectivity index (χ2v) is 4.46. The van der Waals surface area contributed by atoms with E-state index in [1.54, 1.807) is 0 Å². The molecule has 1 aliphatic rings. The van der Waals surface area contributed by atoms with Crippen molar-refractivity contribution >= 4 is 0 Å². The highest BCUT2D eigenvalue weighted by molar-refractivity contribution is 4.88. The van der Waals surface area contributed by atoms with Gasteiger partial charge in [0, 0.05) is 11.6 Å². The number of hydrogen-bond donors (Lipinski definition) is 0. The maximum absolute atomic E-state index is 2.41. The van der Waals surface area contributed by atoms with Crippen LogP contribution in [0.1, 0.15) is 27.2 Å². The largest absolute Gasteiger partial charge is 0.291 e. The first kappa shape index (κ1) is 9.01. The highest BCUT2D eigenvalue weighted by atomic mass is 15.4. The lowest BCUT2D eigenvalue weighted by Gasteiger charge is -2.47. The van der Waals surface area contributed by atoms with Crippen molar-refractivity contribution in [2.24, 2.45) is 0 Å². The van der Waals surface area contributed by atoms with Crippen molar-refractivity contribution in [2.45, 2.75) is 38.8 Å². The van der Waals surface area contributed by atoms with E-state index in [1.165, 1.54) is 6.42 Å². The van der Waals surface area contributed by atoms with E-state index in [4.69, 9.17) is 0 Å². The Balaban J connectivity index is 2.63. The Morgan fingerprint density at radius 2 is 1.82 bits per heavy atom. The summed E-state index contributed by atoms with van der Waals surface area (Å²) in [7, 11) is 4.39. The molecule has 0 N–H and O–H groups in total. The summed E-state index contributed by atoms with van der Waals surface area (Å²) in [6.07, 6.45) is 1.26. The first-order valence-electron chi connectivity index (χ1n) is 4.35. The van der Waals surface area contributed by atoms with Crippen LogP contribution in [0.3, 0.4) is 0 Å². The number of rotatable bonds is 0. The fourth-order valence-electron chi connectivity index (χ4n) is 1.70. The summed E-state index contributed by atoms with van der Waals surface area (Å²) in [6.45, 7) is 8.02. The highest BCUT2D eigenvalue weighted by Gasteiger charge is 2.32. The maximum atomic E-state index is 2.41. The monoisotopic (exact) mass is 156 g/mol. The van der Waals surface area contributed by atoms with E-state index < -0.39 is 0 Å². The molecule has 0 amide bonds. The molecule has 0 aromatic heterocycles. The van der Waals surface area contributed by atoms with E-state index in [0.717, 1.165) is 12.7 Å². The molecular weight excluding hydrogens is 136 g/mol. The molecule has 0 radical (unpaired) electrons. The lowest BCUT2D eigenvalue weighted by molar-refractivity contribution is -0.00583. The predicted octanol–water partition coefficient (Wildman–Crippen LogP) is 1.38. The Bertz CT molecular complexity index is 142. The van der Waals surface area contributed by atoms with Crippen LogP contribution in [0.15, 0.2) is 0 Å². The topological polar surface area (TPSA) is 6.48 Å². The third-order valence-corrected chi connectivity index (χ3v) is 3.02. The van der Waals surface area contributed by atoms with Crippen LogP contribution in [0.4, 0.5) is 0 Å². The Morgan fingerprint density at radius 3 is 2.27 bits per heavy atom. The minimum Gasteiger partial charge on any atom is -0.291 e. The second-order valence-electron chi connectivity index (χ2n) is 4.46. The Labute approximate surface area is 70.2 Å². The van der Waals surface area contributed by atoms with Crippen molar-refractivity contribution in [1.82, 2.24) is 9.80 Å². The molecule has 1 saturated heterocycles. The molecule has 0 aliphatic carbocycles. The lowest BCUT2D eigenvalue weighted by Crippen LogP contribution is -2.56. The van der Waals surface area contributed by atoms with Crippen molar-refractivity contribution in [3.8, 4) is 0 Å². The molecule has 66 valence electrons. The van der Waals surface area contributed by atoms with Crippen LogP contribution in [-0.2, 0) is 0 Å². The van der Waals surface area contributed by atoms with E-state index in [2.05, 4.69) is 44.7 Å². The van der Waals surface area contributed by atoms with Gasteiger partial charge in [-0.05, 0) is 41.3 Å². The van der Waals surface area contributed by atoms with Gasteiger partial charge in [-0.15, -0.1) is 0 Å². The van der Waals surface area contributed by atoms with Gasteiger partial charge >= 0.3 is 0 Å². The van der Waals surface area contributed by atoms with Gasteiger partial charge < -0.3 is 0 Å². The lowest BCUT2D eigenvalue weighted by atomic mass is 9.92. The molecule has 11 heavy (non-hydrogen) atoms. The maximum Gasteiger partial charge on any atom is 0.0508 e. The third kappa shape index (κ3) is 1.74. The molecule has 1 fully saturated rings. The minimum atomic E-state index is 0.381. The summed E-state index contributed by atoms with van der Waals surface area (Å²) < 4.78 is 0. The van der Waals surface area contributed by atoms with Gasteiger partial charge in [-0.3, -0.25) is 9.80 Å². The molecule has 0 spiro atoms. The summed E-state index contributed by atoms with van der Waals surface area (Å²) in [5, 5.41) is 0. The standard InChI is InChI=1S/C9H20N2/c1-8-6-9(2,3)11(5)7-10(8)4/h8H,6-7H2,1-5H3. The third-order valence-electron chi connectivity index (χ3n) is 3.02. The molecule has 1 aliphatic heterocycles. The van der Waals surface area contributed by atoms with Gasteiger partial charge in [0.25, 0.3) is 0 Å². The quantitative estimate of drug-likeness (QED) is 0.523. The highest BCUT2D eigenvalue weighted by Crippen LogP contribution is 2.25. The van der Waals surface area contributed by atoms with Crippen molar-refractivity contribution in [2.75, 3.05) is 20.8 Å². The molecule has 2 heteroatoms. The molecule has 1 rings (SSSR count). The summed E-state index contributed by atoms with van der Waals surface area (Å²) >= 11 is 0. The van der Waals surface area contributed by atoms with Crippen LogP contribution < -0.4 is 0 Å². The Kier molecular flexibility index (Phi) is 2.26. The van der Waals surface area contributed by atoms with Crippen molar-refractivity contribution in [3.63, 3.8) is 0 Å². The molecule has 0 bridgehead atoms. The van der Waals surface area contributed by atoms with Crippen LogP contribution in [0.25, 0.3) is 0 Å². The van der Waals surface area contributed by atoms with Gasteiger partial charge in [0.05, 0.1) is 6.67 Å². The van der Waals surface area contributed by atoms with E-state index in [9.17, 15) is 0 Å². The zero-order chi connectivity index (χ0) is 8.65. The van der Waals surface area contributed by atoms with Gasteiger partial charge in [0.1, 0.15) is 0 Å². The molecule has 0 aromatic rings. The van der Waals surface area contributed by atoms with E-state index in [1.807, 2.05) is 0 Å². The van der Waals surface area contributed by atoms with Crippen LogP contribution >= 0.6 is 0 Å². The van der Waals surface area contributed by atoms with Crippen molar-refractivity contribution < 1.29 is 0 Å². The zero-order valence-electron chi connectivity index (χ0n) is 8.39. The van der Waals surface area contributed by atoms with Gasteiger partial charge in [-0.2, -0.15) is 0 Å².